The van der Waals surface area contributed by atoms with Crippen LogP contribution in [0.4, 0.5) is 0 Å². The molecule has 18 heavy (non-hydrogen) atoms. The third-order valence-corrected chi connectivity index (χ3v) is 3.48. The molecule has 0 spiro atoms. The first-order valence-electron chi connectivity index (χ1n) is 7.07. The van der Waals surface area contributed by atoms with Gasteiger partial charge in [0, 0.05) is 12.6 Å². The lowest BCUT2D eigenvalue weighted by atomic mass is 9.98. The number of rotatable bonds is 7. The number of benzene rings is 1. The van der Waals surface area contributed by atoms with Crippen LogP contribution in [-0.4, -0.2) is 31.6 Å². The van der Waals surface area contributed by atoms with E-state index in [2.05, 4.69) is 63.2 Å². The summed E-state index contributed by atoms with van der Waals surface area (Å²) in [5.74, 6) is 0. The molecule has 0 heterocycles. The van der Waals surface area contributed by atoms with E-state index >= 15 is 0 Å². The molecule has 0 fully saturated rings. The molecule has 1 aromatic carbocycles. The predicted molar refractivity (Wildman–Crippen MR) is 80.1 cm³/mol. The number of likely N-dealkylation sites (N-methyl/N-ethyl adjacent to an activating group) is 1. The highest BCUT2D eigenvalue weighted by molar-refractivity contribution is 5.33. The molecule has 1 unspecified atom stereocenters. The summed E-state index contributed by atoms with van der Waals surface area (Å²) in [4.78, 5) is 2.37. The number of hydrogen-bond donors (Lipinski definition) is 1. The molecule has 1 rings (SSSR count). The summed E-state index contributed by atoms with van der Waals surface area (Å²) in [5, 5.41) is 3.68. The fraction of sp³-hybridized carbons (Fsp3) is 0.625. The van der Waals surface area contributed by atoms with Crippen LogP contribution in [0, 0.1) is 13.8 Å². The van der Waals surface area contributed by atoms with E-state index in [1.54, 1.807) is 0 Å². The summed E-state index contributed by atoms with van der Waals surface area (Å²) >= 11 is 0. The second kappa shape index (κ2) is 7.55. The smallest absolute Gasteiger partial charge is 0.0451 e. The molecule has 2 nitrogen and oxygen atoms in total. The fourth-order valence-corrected chi connectivity index (χ4v) is 2.17. The average molecular weight is 248 g/mol. The summed E-state index contributed by atoms with van der Waals surface area (Å²) in [6.45, 7) is 12.0. The molecule has 102 valence electrons. The molecule has 0 saturated heterocycles. The normalized spacial score (nSPS) is 13.0. The van der Waals surface area contributed by atoms with Gasteiger partial charge in [-0.05, 0) is 51.5 Å². The van der Waals surface area contributed by atoms with Gasteiger partial charge in [-0.15, -0.1) is 0 Å². The Kier molecular flexibility index (Phi) is 6.37. The van der Waals surface area contributed by atoms with Crippen LogP contribution >= 0.6 is 0 Å². The third kappa shape index (κ3) is 4.43. The maximum Gasteiger partial charge on any atom is 0.0451 e. The zero-order chi connectivity index (χ0) is 13.5. The van der Waals surface area contributed by atoms with Crippen LogP contribution in [0.5, 0.6) is 0 Å². The first-order valence-corrected chi connectivity index (χ1v) is 7.07. The number of hydrogen-bond acceptors (Lipinski definition) is 2. The first kappa shape index (κ1) is 15.2. The molecular formula is C16H28N2. The summed E-state index contributed by atoms with van der Waals surface area (Å²) in [6, 6.07) is 7.19. The highest BCUT2D eigenvalue weighted by Crippen LogP contribution is 2.20. The zero-order valence-corrected chi connectivity index (χ0v) is 12.6. The third-order valence-electron chi connectivity index (χ3n) is 3.48. The van der Waals surface area contributed by atoms with Gasteiger partial charge in [-0.2, -0.15) is 0 Å². The Morgan fingerprint density at radius 1 is 1.22 bits per heavy atom. The Morgan fingerprint density at radius 2 is 1.94 bits per heavy atom. The van der Waals surface area contributed by atoms with Gasteiger partial charge in [0.15, 0.2) is 0 Å². The number of nitrogens with one attached hydrogen (secondary N) is 1. The summed E-state index contributed by atoms with van der Waals surface area (Å²) in [6.07, 6.45) is 1.18. The molecule has 1 atom stereocenters. The zero-order valence-electron chi connectivity index (χ0n) is 12.6. The van der Waals surface area contributed by atoms with E-state index < -0.39 is 0 Å². The largest absolute Gasteiger partial charge is 0.309 e. The van der Waals surface area contributed by atoms with E-state index in [0.717, 1.165) is 19.6 Å². The van der Waals surface area contributed by atoms with Crippen LogP contribution < -0.4 is 5.32 Å². The summed E-state index contributed by atoms with van der Waals surface area (Å²) in [7, 11) is 2.19. The quantitative estimate of drug-likeness (QED) is 0.796. The summed E-state index contributed by atoms with van der Waals surface area (Å²) < 4.78 is 0. The van der Waals surface area contributed by atoms with Gasteiger partial charge in [-0.3, -0.25) is 0 Å². The molecule has 0 aliphatic heterocycles. The van der Waals surface area contributed by atoms with Gasteiger partial charge < -0.3 is 10.2 Å². The topological polar surface area (TPSA) is 15.3 Å². The van der Waals surface area contributed by atoms with E-state index in [9.17, 15) is 0 Å². The molecular weight excluding hydrogens is 220 g/mol. The highest BCUT2D eigenvalue weighted by Gasteiger charge is 2.14. The molecule has 0 amide bonds. The van der Waals surface area contributed by atoms with Crippen molar-refractivity contribution < 1.29 is 0 Å². The number of aryl methyl sites for hydroxylation is 2. The van der Waals surface area contributed by atoms with Gasteiger partial charge in [0.2, 0.25) is 0 Å². The molecule has 0 bridgehead atoms. The Hall–Kier alpha value is -0.860. The Bertz CT molecular complexity index is 360. The molecule has 0 radical (unpaired) electrons. The molecule has 1 aromatic rings. The van der Waals surface area contributed by atoms with Crippen LogP contribution in [0.15, 0.2) is 18.2 Å². The van der Waals surface area contributed by atoms with Gasteiger partial charge in [0.1, 0.15) is 0 Å². The van der Waals surface area contributed by atoms with E-state index in [1.807, 2.05) is 0 Å². The van der Waals surface area contributed by atoms with E-state index in [1.165, 1.54) is 23.1 Å². The maximum atomic E-state index is 3.68. The van der Waals surface area contributed by atoms with Crippen molar-refractivity contribution in [3.05, 3.63) is 34.9 Å². The highest BCUT2D eigenvalue weighted by atomic mass is 15.1. The van der Waals surface area contributed by atoms with Crippen molar-refractivity contribution in [3.8, 4) is 0 Å². The molecule has 0 saturated carbocycles. The maximum absolute atomic E-state index is 3.68. The Labute approximate surface area is 112 Å². The van der Waals surface area contributed by atoms with Crippen LogP contribution in [0.25, 0.3) is 0 Å². The Morgan fingerprint density at radius 3 is 2.56 bits per heavy atom. The predicted octanol–water partition coefficient (Wildman–Crippen LogP) is 3.30. The lowest BCUT2D eigenvalue weighted by molar-refractivity contribution is 0.303. The summed E-state index contributed by atoms with van der Waals surface area (Å²) in [5.41, 5.74) is 4.18. The van der Waals surface area contributed by atoms with Crippen LogP contribution in [0.1, 0.15) is 43.0 Å². The standard InChI is InChI=1S/C16H28N2/c1-6-10-17-16(12-18(5)7-2)15-11-13(3)8-9-14(15)4/h8-9,11,16-17H,6-7,10,12H2,1-5H3. The van der Waals surface area contributed by atoms with Crippen LogP contribution in [0.3, 0.4) is 0 Å². The minimum Gasteiger partial charge on any atom is -0.309 e. The van der Waals surface area contributed by atoms with Gasteiger partial charge in [0.25, 0.3) is 0 Å². The average Bonchev–Trinajstić information content (AvgIpc) is 2.37. The molecule has 1 N–H and O–H groups in total. The first-order chi connectivity index (χ1) is 8.58. The SMILES string of the molecule is CCCNC(CN(C)CC)c1cc(C)ccc1C. The van der Waals surface area contributed by atoms with Gasteiger partial charge in [0.05, 0.1) is 0 Å². The van der Waals surface area contributed by atoms with E-state index in [-0.39, 0.29) is 0 Å². The monoisotopic (exact) mass is 248 g/mol. The van der Waals surface area contributed by atoms with Crippen LogP contribution in [-0.2, 0) is 0 Å². The van der Waals surface area contributed by atoms with Crippen molar-refractivity contribution in [2.45, 2.75) is 40.2 Å². The van der Waals surface area contributed by atoms with Crippen molar-refractivity contribution in [2.75, 3.05) is 26.7 Å². The fourth-order valence-electron chi connectivity index (χ4n) is 2.17. The minimum absolute atomic E-state index is 0.440. The van der Waals surface area contributed by atoms with Crippen LogP contribution in [0.2, 0.25) is 0 Å². The van der Waals surface area contributed by atoms with Gasteiger partial charge in [-0.25, -0.2) is 0 Å². The van der Waals surface area contributed by atoms with Gasteiger partial charge >= 0.3 is 0 Å². The lowest BCUT2D eigenvalue weighted by Gasteiger charge is -2.26. The second-order valence-corrected chi connectivity index (χ2v) is 5.22. The van der Waals surface area contributed by atoms with Crippen molar-refractivity contribution in [2.24, 2.45) is 0 Å². The molecule has 0 aliphatic rings. The van der Waals surface area contributed by atoms with E-state index in [4.69, 9.17) is 0 Å². The van der Waals surface area contributed by atoms with Crippen molar-refractivity contribution >= 4 is 0 Å². The number of nitrogens with zero attached hydrogens (tertiary/aromatic N) is 1. The molecule has 2 heteroatoms. The molecule has 0 aromatic heterocycles. The lowest BCUT2D eigenvalue weighted by Crippen LogP contribution is -2.33. The van der Waals surface area contributed by atoms with Crippen molar-refractivity contribution in [1.29, 1.82) is 0 Å². The van der Waals surface area contributed by atoms with E-state index in [0.29, 0.717) is 6.04 Å². The van der Waals surface area contributed by atoms with Crippen molar-refractivity contribution in [1.82, 2.24) is 10.2 Å². The second-order valence-electron chi connectivity index (χ2n) is 5.22. The minimum atomic E-state index is 0.440. The van der Waals surface area contributed by atoms with Gasteiger partial charge in [-0.1, -0.05) is 37.6 Å². The molecule has 0 aliphatic carbocycles. The Balaban J connectivity index is 2.89. The van der Waals surface area contributed by atoms with Crippen molar-refractivity contribution in [3.63, 3.8) is 0 Å².